The highest BCUT2D eigenvalue weighted by molar-refractivity contribution is 8.14. The van der Waals surface area contributed by atoms with E-state index in [1.54, 1.807) is 26.8 Å². The number of ether oxygens (including phenoxy) is 1. The summed E-state index contributed by atoms with van der Waals surface area (Å²) in [4.78, 5) is 39.7. The van der Waals surface area contributed by atoms with Crippen LogP contribution in [0.5, 0.6) is 0 Å². The van der Waals surface area contributed by atoms with Crippen LogP contribution in [0.2, 0.25) is 0 Å². The van der Waals surface area contributed by atoms with Gasteiger partial charge in [0.25, 0.3) is 0 Å². The topological polar surface area (TPSA) is 114 Å². The maximum absolute atomic E-state index is 17.6. The Balaban J connectivity index is 1.62. The molecule has 10 heteroatoms. The van der Waals surface area contributed by atoms with Gasteiger partial charge in [0.15, 0.2) is 17.1 Å². The van der Waals surface area contributed by atoms with Crippen LogP contribution in [-0.2, 0) is 14.3 Å². The highest BCUT2D eigenvalue weighted by Gasteiger charge is 2.78. The average molecular weight is 589 g/mol. The number of esters is 1. The number of aryl methyl sites for hydroxylation is 1. The molecule has 7 nitrogen and oxygen atoms in total. The number of carbonyl (C=O) groups excluding carboxylic acids is 3. The van der Waals surface area contributed by atoms with Gasteiger partial charge >= 0.3 is 5.97 Å². The Labute approximate surface area is 241 Å². The van der Waals surface area contributed by atoms with Gasteiger partial charge in [0.1, 0.15) is 12.8 Å². The number of halogens is 2. The van der Waals surface area contributed by atoms with Crippen LogP contribution in [0.25, 0.3) is 0 Å². The first-order chi connectivity index (χ1) is 19.3. The van der Waals surface area contributed by atoms with E-state index in [2.05, 4.69) is 11.8 Å². The molecule has 5 rings (SSSR count). The molecule has 0 amide bonds. The number of ketones is 1. The highest BCUT2D eigenvalue weighted by Crippen LogP contribution is 2.72. The molecule has 0 aliphatic heterocycles. The van der Waals surface area contributed by atoms with E-state index in [1.165, 1.54) is 25.3 Å². The summed E-state index contributed by atoms with van der Waals surface area (Å²) in [5.74, 6) is 1.52. The molecule has 4 aliphatic carbocycles. The predicted octanol–water partition coefficient (Wildman–Crippen LogP) is 4.30. The quantitative estimate of drug-likeness (QED) is 0.395. The van der Waals surface area contributed by atoms with E-state index in [4.69, 9.17) is 14.3 Å². The molecule has 0 bridgehead atoms. The van der Waals surface area contributed by atoms with E-state index in [-0.39, 0.29) is 43.0 Å². The minimum atomic E-state index is -2.33. The van der Waals surface area contributed by atoms with Gasteiger partial charge in [-0.3, -0.25) is 9.59 Å². The molecule has 1 heterocycles. The van der Waals surface area contributed by atoms with Crippen LogP contribution in [0.15, 0.2) is 40.5 Å². The van der Waals surface area contributed by atoms with Gasteiger partial charge in [0.05, 0.1) is 18.1 Å². The summed E-state index contributed by atoms with van der Waals surface area (Å²) in [5.41, 5.74) is -6.47. The first-order valence-electron chi connectivity index (χ1n) is 13.8. The molecule has 0 aromatic carbocycles. The lowest BCUT2D eigenvalue weighted by Gasteiger charge is -2.63. The van der Waals surface area contributed by atoms with E-state index in [0.717, 1.165) is 17.8 Å². The van der Waals surface area contributed by atoms with Crippen molar-refractivity contribution >= 4 is 28.6 Å². The fourth-order valence-electron chi connectivity index (χ4n) is 8.31. The summed E-state index contributed by atoms with van der Waals surface area (Å²) in [7, 11) is 0. The van der Waals surface area contributed by atoms with Crippen LogP contribution in [0.4, 0.5) is 8.78 Å². The summed E-state index contributed by atoms with van der Waals surface area (Å²) in [6, 6.07) is 1.59. The first-order valence-corrected chi connectivity index (χ1v) is 14.7. The zero-order chi connectivity index (χ0) is 30.0. The monoisotopic (exact) mass is 588 g/mol. The molecule has 9 atom stereocenters. The molecule has 3 fully saturated rings. The number of aliphatic hydroxyl groups is 2. The van der Waals surface area contributed by atoms with Crippen LogP contribution >= 0.6 is 11.8 Å². The van der Waals surface area contributed by atoms with Gasteiger partial charge in [-0.15, -0.1) is 0 Å². The Hall–Kier alpha value is -2.74. The predicted molar refractivity (Wildman–Crippen MR) is 147 cm³/mol. The summed E-state index contributed by atoms with van der Waals surface area (Å²) in [5, 5.41) is 20.2. The third kappa shape index (κ3) is 4.03. The normalized spacial score (nSPS) is 40.9. The minimum absolute atomic E-state index is 0.0116. The van der Waals surface area contributed by atoms with Crippen molar-refractivity contribution in [3.8, 4) is 11.8 Å². The lowest BCUT2D eigenvalue weighted by molar-refractivity contribution is -0.221. The number of aliphatic hydroxyl groups excluding tert-OH is 2. The Morgan fingerprint density at radius 2 is 1.98 bits per heavy atom. The Bertz CT molecular complexity index is 1410. The van der Waals surface area contributed by atoms with E-state index < -0.39 is 69.0 Å². The van der Waals surface area contributed by atoms with Gasteiger partial charge in [-0.25, -0.2) is 13.6 Å². The van der Waals surface area contributed by atoms with Crippen LogP contribution in [-0.4, -0.2) is 63.0 Å². The number of allylic oxidation sites excluding steroid dienone is 4. The van der Waals surface area contributed by atoms with Gasteiger partial charge in [-0.1, -0.05) is 43.5 Å². The summed E-state index contributed by atoms with van der Waals surface area (Å²) >= 11 is 0.823. The van der Waals surface area contributed by atoms with E-state index in [9.17, 15) is 19.5 Å². The SMILES string of the molecule is Cc1ccoc1C(=O)O[C@]1(C(=O)SCC#CCO)[C@H](C)C[C@H]2[C@@H]3C[C@H](F)C4=CC(=O)C=C[C@]4(C)[C@@]3(F)[C@@H](O)C[C@@]21C. The van der Waals surface area contributed by atoms with Crippen molar-refractivity contribution in [1.82, 2.24) is 0 Å². The molecule has 41 heavy (non-hydrogen) atoms. The third-order valence-electron chi connectivity index (χ3n) is 10.3. The van der Waals surface area contributed by atoms with Gasteiger partial charge < -0.3 is 19.4 Å². The standard InChI is InChI=1S/C31H34F2O7S/c1-17-8-11-39-25(17)26(37)40-31(27(38)41-12-6-5-10-34)18(2)13-20-21-15-23(32)22-14-19(35)7-9-28(22,3)30(21,33)24(36)16-29(20,31)4/h7-9,11,14,18,20-21,23-24,34,36H,10,12-13,15-16H2,1-4H3/t18-,20+,21+,23+,24+,28+,29+,30+,31+/m1/s1. The highest BCUT2D eigenvalue weighted by atomic mass is 32.2. The summed E-state index contributed by atoms with van der Waals surface area (Å²) in [6.45, 7) is 6.26. The first kappa shape index (κ1) is 29.7. The molecule has 220 valence electrons. The number of alkyl halides is 2. The van der Waals surface area contributed by atoms with E-state index >= 15 is 8.78 Å². The van der Waals surface area contributed by atoms with Crippen LogP contribution in [0.3, 0.4) is 0 Å². The van der Waals surface area contributed by atoms with Gasteiger partial charge in [0.2, 0.25) is 10.9 Å². The molecule has 1 aromatic rings. The van der Waals surface area contributed by atoms with Gasteiger partial charge in [0, 0.05) is 28.2 Å². The van der Waals surface area contributed by atoms with Crippen molar-refractivity contribution in [3.05, 3.63) is 47.5 Å². The largest absolute Gasteiger partial charge is 0.457 e. The second kappa shape index (κ2) is 10.2. The fraction of sp³-hybridized carbons (Fsp3) is 0.581. The van der Waals surface area contributed by atoms with Crippen molar-refractivity contribution in [3.63, 3.8) is 0 Å². The van der Waals surface area contributed by atoms with Crippen molar-refractivity contribution < 1.29 is 42.5 Å². The smallest absolute Gasteiger partial charge is 0.375 e. The molecule has 0 spiro atoms. The Kier molecular flexibility index (Phi) is 7.41. The number of thioether (sulfide) groups is 1. The number of rotatable bonds is 4. The van der Waals surface area contributed by atoms with Crippen molar-refractivity contribution in [2.75, 3.05) is 12.4 Å². The molecular formula is C31H34F2O7S. The summed E-state index contributed by atoms with van der Waals surface area (Å²) < 4.78 is 44.9. The zero-order valence-corrected chi connectivity index (χ0v) is 24.2. The molecule has 0 unspecified atom stereocenters. The molecule has 3 saturated carbocycles. The van der Waals surface area contributed by atoms with Crippen molar-refractivity contribution in [1.29, 1.82) is 0 Å². The lowest BCUT2D eigenvalue weighted by Crippen LogP contribution is -2.70. The van der Waals surface area contributed by atoms with Gasteiger partial charge in [-0.05, 0) is 62.8 Å². The van der Waals surface area contributed by atoms with Crippen LogP contribution < -0.4 is 0 Å². The van der Waals surface area contributed by atoms with Crippen molar-refractivity contribution in [2.45, 2.75) is 70.5 Å². The molecule has 1 aromatic heterocycles. The molecule has 2 N–H and O–H groups in total. The number of carbonyl (C=O) groups is 3. The minimum Gasteiger partial charge on any atom is -0.457 e. The molecule has 0 radical (unpaired) electrons. The Morgan fingerprint density at radius 1 is 1.24 bits per heavy atom. The Morgan fingerprint density at radius 3 is 2.63 bits per heavy atom. The molecular weight excluding hydrogens is 554 g/mol. The summed E-state index contributed by atoms with van der Waals surface area (Å²) in [6.07, 6.45) is 1.47. The fourth-order valence-corrected chi connectivity index (χ4v) is 9.30. The lowest BCUT2D eigenvalue weighted by atomic mass is 9.44. The molecule has 4 aliphatic rings. The number of furan rings is 1. The third-order valence-corrected chi connectivity index (χ3v) is 11.1. The average Bonchev–Trinajstić information content (AvgIpc) is 3.44. The zero-order valence-electron chi connectivity index (χ0n) is 23.4. The maximum atomic E-state index is 17.6. The molecule has 0 saturated heterocycles. The second-order valence-corrected chi connectivity index (χ2v) is 13.1. The van der Waals surface area contributed by atoms with E-state index in [0.29, 0.717) is 5.56 Å². The van der Waals surface area contributed by atoms with Crippen LogP contribution in [0, 0.1) is 47.3 Å². The van der Waals surface area contributed by atoms with Gasteiger partial charge in [-0.2, -0.15) is 0 Å². The number of hydrogen-bond donors (Lipinski definition) is 2. The van der Waals surface area contributed by atoms with E-state index in [1.807, 2.05) is 0 Å². The maximum Gasteiger partial charge on any atom is 0.375 e. The van der Waals surface area contributed by atoms with Crippen molar-refractivity contribution in [2.24, 2.45) is 28.6 Å². The number of fused-ring (bicyclic) bond motifs is 5. The van der Waals surface area contributed by atoms with Crippen LogP contribution in [0.1, 0.15) is 56.2 Å². The number of hydrogen-bond acceptors (Lipinski definition) is 8. The second-order valence-electron chi connectivity index (χ2n) is 12.1.